The van der Waals surface area contributed by atoms with Gasteiger partial charge in [0.25, 0.3) is 0 Å². The smallest absolute Gasteiger partial charge is 0.323 e. The molecule has 0 aromatic carbocycles. The molecular formula is C11H19NO2. The van der Waals surface area contributed by atoms with Crippen molar-refractivity contribution < 1.29 is 9.90 Å². The molecule has 1 aliphatic heterocycles. The fraction of sp³-hybridized carbons (Fsp3) is 0.909. The molecule has 0 amide bonds. The zero-order chi connectivity index (χ0) is 10.4. The molecule has 0 bridgehead atoms. The second-order valence-corrected chi connectivity index (χ2v) is 5.19. The summed E-state index contributed by atoms with van der Waals surface area (Å²) in [6, 6.07) is 0. The number of nitrogens with zero attached hydrogens (tertiary/aromatic N) is 1. The second-order valence-electron chi connectivity index (χ2n) is 5.19. The van der Waals surface area contributed by atoms with Gasteiger partial charge < -0.3 is 5.11 Å². The van der Waals surface area contributed by atoms with Gasteiger partial charge in [0, 0.05) is 13.1 Å². The summed E-state index contributed by atoms with van der Waals surface area (Å²) in [6.07, 6.45) is 4.32. The van der Waals surface area contributed by atoms with Gasteiger partial charge in [0.2, 0.25) is 0 Å². The van der Waals surface area contributed by atoms with Gasteiger partial charge in [-0.3, -0.25) is 9.69 Å². The Morgan fingerprint density at radius 1 is 1.50 bits per heavy atom. The molecule has 1 spiro atoms. The van der Waals surface area contributed by atoms with Crippen LogP contribution in [0.2, 0.25) is 0 Å². The number of carboxylic acid groups (broad SMARTS) is 1. The third-order valence-corrected chi connectivity index (χ3v) is 3.91. The van der Waals surface area contributed by atoms with E-state index in [2.05, 4.69) is 4.90 Å². The lowest BCUT2D eigenvalue weighted by molar-refractivity contribution is -0.157. The van der Waals surface area contributed by atoms with Gasteiger partial charge >= 0.3 is 5.97 Å². The van der Waals surface area contributed by atoms with E-state index in [0.717, 1.165) is 25.9 Å². The van der Waals surface area contributed by atoms with E-state index in [-0.39, 0.29) is 0 Å². The molecule has 3 heteroatoms. The highest BCUT2D eigenvalue weighted by molar-refractivity contribution is 5.78. The van der Waals surface area contributed by atoms with Crippen LogP contribution in [-0.2, 0) is 4.79 Å². The van der Waals surface area contributed by atoms with Crippen molar-refractivity contribution >= 4 is 5.97 Å². The molecule has 3 nitrogen and oxygen atoms in total. The number of carboxylic acids is 1. The lowest BCUT2D eigenvalue weighted by atomic mass is 9.85. The number of carbonyl (C=O) groups is 1. The summed E-state index contributed by atoms with van der Waals surface area (Å²) in [5.74, 6) is -0.658. The minimum absolute atomic E-state index is 0.546. The molecule has 0 radical (unpaired) electrons. The van der Waals surface area contributed by atoms with Crippen molar-refractivity contribution in [1.82, 2.24) is 4.90 Å². The molecule has 1 saturated heterocycles. The largest absolute Gasteiger partial charge is 0.480 e. The highest BCUT2D eigenvalue weighted by atomic mass is 16.4. The predicted molar refractivity (Wildman–Crippen MR) is 54.2 cm³/mol. The number of hydrogen-bond acceptors (Lipinski definition) is 2. The number of hydrogen-bond donors (Lipinski definition) is 1. The minimum Gasteiger partial charge on any atom is -0.480 e. The van der Waals surface area contributed by atoms with Gasteiger partial charge in [0.15, 0.2) is 0 Å². The van der Waals surface area contributed by atoms with E-state index < -0.39 is 11.5 Å². The Morgan fingerprint density at radius 3 is 2.43 bits per heavy atom. The highest BCUT2D eigenvalue weighted by Gasteiger charge is 2.58. The van der Waals surface area contributed by atoms with Crippen molar-refractivity contribution in [2.45, 2.75) is 45.1 Å². The summed E-state index contributed by atoms with van der Waals surface area (Å²) in [5, 5.41) is 9.25. The van der Waals surface area contributed by atoms with Crippen LogP contribution in [0.25, 0.3) is 0 Å². The van der Waals surface area contributed by atoms with Crippen LogP contribution >= 0.6 is 0 Å². The molecule has 2 fully saturated rings. The lowest BCUT2D eigenvalue weighted by Gasteiger charge is -2.49. The van der Waals surface area contributed by atoms with Crippen molar-refractivity contribution in [3.63, 3.8) is 0 Å². The maximum atomic E-state index is 11.2. The van der Waals surface area contributed by atoms with Gasteiger partial charge in [-0.05, 0) is 31.6 Å². The van der Waals surface area contributed by atoms with Crippen LogP contribution in [0.4, 0.5) is 0 Å². The van der Waals surface area contributed by atoms with Crippen LogP contribution in [0.15, 0.2) is 0 Å². The molecule has 1 N–H and O–H groups in total. The van der Waals surface area contributed by atoms with E-state index >= 15 is 0 Å². The molecule has 1 atom stereocenters. The fourth-order valence-electron chi connectivity index (χ4n) is 2.49. The predicted octanol–water partition coefficient (Wildman–Crippen LogP) is 1.73. The number of aliphatic carboxylic acids is 1. The Morgan fingerprint density at radius 2 is 2.07 bits per heavy atom. The molecule has 0 aromatic rings. The van der Waals surface area contributed by atoms with Crippen LogP contribution in [0, 0.1) is 5.41 Å². The summed E-state index contributed by atoms with van der Waals surface area (Å²) >= 11 is 0. The summed E-state index contributed by atoms with van der Waals surface area (Å²) in [6.45, 7) is 5.94. The number of rotatable bonds is 4. The lowest BCUT2D eigenvalue weighted by Crippen LogP contribution is -2.63. The Labute approximate surface area is 85.1 Å². The van der Waals surface area contributed by atoms with Gasteiger partial charge in [-0.25, -0.2) is 0 Å². The average molecular weight is 197 g/mol. The van der Waals surface area contributed by atoms with Gasteiger partial charge in [0.1, 0.15) is 5.54 Å². The van der Waals surface area contributed by atoms with E-state index in [9.17, 15) is 9.90 Å². The Kier molecular flexibility index (Phi) is 2.11. The van der Waals surface area contributed by atoms with Crippen LogP contribution in [0.3, 0.4) is 0 Å². The fourth-order valence-corrected chi connectivity index (χ4v) is 2.49. The monoisotopic (exact) mass is 197 g/mol. The van der Waals surface area contributed by atoms with Crippen LogP contribution in [0.5, 0.6) is 0 Å². The molecule has 2 rings (SSSR count). The standard InChI is InChI=1S/C11H19NO2/c1-3-4-10(2,9(13)14)12-7-11(8-12)5-6-11/h3-8H2,1-2H3,(H,13,14). The molecule has 2 aliphatic rings. The topological polar surface area (TPSA) is 40.5 Å². The third kappa shape index (κ3) is 1.34. The molecule has 1 aliphatic carbocycles. The summed E-state index contributed by atoms with van der Waals surface area (Å²) in [7, 11) is 0. The molecule has 1 saturated carbocycles. The van der Waals surface area contributed by atoms with Crippen molar-refractivity contribution in [3.8, 4) is 0 Å². The van der Waals surface area contributed by atoms with Gasteiger partial charge in [0.05, 0.1) is 0 Å². The molecule has 14 heavy (non-hydrogen) atoms. The van der Waals surface area contributed by atoms with Crippen molar-refractivity contribution in [3.05, 3.63) is 0 Å². The molecule has 1 heterocycles. The summed E-state index contributed by atoms with van der Waals surface area (Å²) < 4.78 is 0. The Hall–Kier alpha value is -0.570. The quantitative estimate of drug-likeness (QED) is 0.746. The van der Waals surface area contributed by atoms with Gasteiger partial charge in [-0.15, -0.1) is 0 Å². The Balaban J connectivity index is 2.00. The van der Waals surface area contributed by atoms with E-state index in [4.69, 9.17) is 0 Å². The van der Waals surface area contributed by atoms with Crippen LogP contribution in [0.1, 0.15) is 39.5 Å². The van der Waals surface area contributed by atoms with Gasteiger partial charge in [-0.2, -0.15) is 0 Å². The van der Waals surface area contributed by atoms with Crippen molar-refractivity contribution in [2.75, 3.05) is 13.1 Å². The van der Waals surface area contributed by atoms with E-state index in [1.54, 1.807) is 0 Å². The SMILES string of the molecule is CCCC(C)(C(=O)O)N1CC2(CC2)C1. The summed E-state index contributed by atoms with van der Waals surface area (Å²) in [4.78, 5) is 13.4. The molecule has 80 valence electrons. The van der Waals surface area contributed by atoms with Crippen molar-refractivity contribution in [1.29, 1.82) is 0 Å². The number of likely N-dealkylation sites (tertiary alicyclic amines) is 1. The van der Waals surface area contributed by atoms with E-state index in [1.165, 1.54) is 12.8 Å². The van der Waals surface area contributed by atoms with Gasteiger partial charge in [-0.1, -0.05) is 13.3 Å². The first-order valence-electron chi connectivity index (χ1n) is 5.51. The zero-order valence-electron chi connectivity index (χ0n) is 9.05. The molecule has 1 unspecified atom stereocenters. The normalized spacial score (nSPS) is 28.1. The van der Waals surface area contributed by atoms with Crippen LogP contribution in [-0.4, -0.2) is 34.6 Å². The minimum atomic E-state index is -0.658. The zero-order valence-corrected chi connectivity index (χ0v) is 9.05. The Bertz CT molecular complexity index is 252. The van der Waals surface area contributed by atoms with Crippen molar-refractivity contribution in [2.24, 2.45) is 5.41 Å². The first kappa shape index (κ1) is 9.97. The second kappa shape index (κ2) is 2.96. The first-order valence-corrected chi connectivity index (χ1v) is 5.51. The maximum absolute atomic E-state index is 11.2. The first-order chi connectivity index (χ1) is 6.52. The van der Waals surface area contributed by atoms with E-state index in [0.29, 0.717) is 5.41 Å². The molecular weight excluding hydrogens is 178 g/mol. The highest BCUT2D eigenvalue weighted by Crippen LogP contribution is 2.55. The average Bonchev–Trinajstić information content (AvgIpc) is 2.80. The van der Waals surface area contributed by atoms with Crippen LogP contribution < -0.4 is 0 Å². The third-order valence-electron chi connectivity index (χ3n) is 3.91. The molecule has 0 aromatic heterocycles. The maximum Gasteiger partial charge on any atom is 0.323 e. The summed E-state index contributed by atoms with van der Waals surface area (Å²) in [5.41, 5.74) is -0.0625. The van der Waals surface area contributed by atoms with E-state index in [1.807, 2.05) is 13.8 Å².